The number of non-ortho nitro benzene ring substituents is 1. The minimum absolute atomic E-state index is 0.0142. The number of nitrogens with zero attached hydrogens (tertiary/aromatic N) is 2. The van der Waals surface area contributed by atoms with Crippen LogP contribution in [0.1, 0.15) is 16.7 Å². The standard InChI is InChI=1S/C17H18N4O4/c1-11-3-5-14(6-4-11)18-10-16(22)20-19-9-13-8-15(21(24)25)7-12(2)17(13)23/h3-9,18,23H,10H2,1-2H3,(H,20,22)/b19-9+. The Morgan fingerprint density at radius 3 is 2.60 bits per heavy atom. The topological polar surface area (TPSA) is 117 Å². The van der Waals surface area contributed by atoms with Gasteiger partial charge in [0.05, 0.1) is 17.7 Å². The van der Waals surface area contributed by atoms with Gasteiger partial charge in [-0.05, 0) is 31.5 Å². The van der Waals surface area contributed by atoms with Crippen molar-refractivity contribution in [3.8, 4) is 5.75 Å². The predicted molar refractivity (Wildman–Crippen MR) is 94.9 cm³/mol. The quantitative estimate of drug-likeness (QED) is 0.423. The van der Waals surface area contributed by atoms with E-state index in [0.29, 0.717) is 5.56 Å². The molecule has 0 radical (unpaired) electrons. The summed E-state index contributed by atoms with van der Waals surface area (Å²) in [7, 11) is 0. The number of aryl methyl sites for hydroxylation is 2. The van der Waals surface area contributed by atoms with Gasteiger partial charge in [-0.1, -0.05) is 17.7 Å². The average Bonchev–Trinajstić information content (AvgIpc) is 2.57. The number of nitro benzene ring substituents is 1. The normalized spacial score (nSPS) is 10.6. The number of rotatable bonds is 6. The Balaban J connectivity index is 1.95. The second kappa shape index (κ2) is 7.91. The summed E-state index contributed by atoms with van der Waals surface area (Å²) in [6.45, 7) is 3.53. The van der Waals surface area contributed by atoms with Gasteiger partial charge in [-0.3, -0.25) is 14.9 Å². The van der Waals surface area contributed by atoms with Gasteiger partial charge in [-0.15, -0.1) is 0 Å². The number of carbonyl (C=O) groups is 1. The van der Waals surface area contributed by atoms with E-state index in [-0.39, 0.29) is 23.5 Å². The number of hydrogen-bond acceptors (Lipinski definition) is 6. The minimum atomic E-state index is -0.562. The second-order valence-electron chi connectivity index (χ2n) is 5.47. The van der Waals surface area contributed by atoms with E-state index in [1.165, 1.54) is 18.3 Å². The maximum atomic E-state index is 11.7. The van der Waals surface area contributed by atoms with E-state index in [0.717, 1.165) is 11.3 Å². The van der Waals surface area contributed by atoms with Crippen LogP contribution >= 0.6 is 0 Å². The van der Waals surface area contributed by atoms with Gasteiger partial charge in [0.25, 0.3) is 11.6 Å². The first-order chi connectivity index (χ1) is 11.9. The molecule has 0 aliphatic heterocycles. The lowest BCUT2D eigenvalue weighted by atomic mass is 10.1. The lowest BCUT2D eigenvalue weighted by molar-refractivity contribution is -0.384. The molecule has 0 atom stereocenters. The number of nitro groups is 1. The Bertz CT molecular complexity index is 816. The van der Waals surface area contributed by atoms with Crippen LogP contribution < -0.4 is 10.7 Å². The number of benzene rings is 2. The molecule has 1 amide bonds. The maximum Gasteiger partial charge on any atom is 0.270 e. The van der Waals surface area contributed by atoms with Gasteiger partial charge in [-0.2, -0.15) is 5.10 Å². The Kier molecular flexibility index (Phi) is 5.67. The van der Waals surface area contributed by atoms with E-state index in [9.17, 15) is 20.0 Å². The van der Waals surface area contributed by atoms with Crippen molar-refractivity contribution in [2.45, 2.75) is 13.8 Å². The summed E-state index contributed by atoms with van der Waals surface area (Å²) in [5.74, 6) is -0.514. The van der Waals surface area contributed by atoms with Crippen molar-refractivity contribution in [3.63, 3.8) is 0 Å². The highest BCUT2D eigenvalue weighted by molar-refractivity contribution is 5.87. The van der Waals surface area contributed by atoms with E-state index in [1.54, 1.807) is 6.92 Å². The largest absolute Gasteiger partial charge is 0.507 e. The summed E-state index contributed by atoms with van der Waals surface area (Å²) in [5.41, 5.74) is 4.55. The molecular formula is C17H18N4O4. The zero-order valence-corrected chi connectivity index (χ0v) is 13.8. The van der Waals surface area contributed by atoms with Gasteiger partial charge >= 0.3 is 0 Å². The van der Waals surface area contributed by atoms with E-state index < -0.39 is 10.8 Å². The van der Waals surface area contributed by atoms with E-state index >= 15 is 0 Å². The number of phenols is 1. The molecule has 25 heavy (non-hydrogen) atoms. The summed E-state index contributed by atoms with van der Waals surface area (Å²) in [5, 5.41) is 27.4. The van der Waals surface area contributed by atoms with Crippen molar-refractivity contribution >= 4 is 23.5 Å². The third-order valence-corrected chi connectivity index (χ3v) is 3.42. The molecule has 0 fully saturated rings. The van der Waals surface area contributed by atoms with Crippen LogP contribution in [-0.2, 0) is 4.79 Å². The van der Waals surface area contributed by atoms with Gasteiger partial charge in [0.2, 0.25) is 0 Å². The highest BCUT2D eigenvalue weighted by Gasteiger charge is 2.12. The summed E-state index contributed by atoms with van der Waals surface area (Å²) >= 11 is 0. The van der Waals surface area contributed by atoms with Crippen LogP contribution in [0.3, 0.4) is 0 Å². The number of hydrogen-bond donors (Lipinski definition) is 3. The van der Waals surface area contributed by atoms with Crippen molar-refractivity contribution < 1.29 is 14.8 Å². The summed E-state index contributed by atoms with van der Waals surface area (Å²) in [6.07, 6.45) is 1.17. The summed E-state index contributed by atoms with van der Waals surface area (Å²) < 4.78 is 0. The van der Waals surface area contributed by atoms with E-state index in [2.05, 4.69) is 15.8 Å². The Morgan fingerprint density at radius 2 is 1.96 bits per heavy atom. The highest BCUT2D eigenvalue weighted by atomic mass is 16.6. The molecule has 8 heteroatoms. The molecule has 2 rings (SSSR count). The number of hydrazone groups is 1. The molecule has 0 bridgehead atoms. The Hall–Kier alpha value is -3.42. The fourth-order valence-corrected chi connectivity index (χ4v) is 2.06. The number of amides is 1. The molecule has 0 aliphatic rings. The highest BCUT2D eigenvalue weighted by Crippen LogP contribution is 2.26. The third-order valence-electron chi connectivity index (χ3n) is 3.42. The number of anilines is 1. The van der Waals surface area contributed by atoms with Crippen molar-refractivity contribution in [2.24, 2.45) is 5.10 Å². The van der Waals surface area contributed by atoms with Crippen LogP contribution in [0.15, 0.2) is 41.5 Å². The molecule has 0 saturated heterocycles. The van der Waals surface area contributed by atoms with Crippen molar-refractivity contribution in [3.05, 3.63) is 63.2 Å². The number of phenolic OH excluding ortho intramolecular Hbond substituents is 1. The Morgan fingerprint density at radius 1 is 1.28 bits per heavy atom. The molecule has 0 saturated carbocycles. The molecule has 0 heterocycles. The van der Waals surface area contributed by atoms with Gasteiger partial charge in [0, 0.05) is 23.4 Å². The molecule has 0 unspecified atom stereocenters. The van der Waals surface area contributed by atoms with Crippen LogP contribution in [-0.4, -0.2) is 28.7 Å². The third kappa shape index (κ3) is 5.03. The average molecular weight is 342 g/mol. The van der Waals surface area contributed by atoms with Crippen LogP contribution in [0.25, 0.3) is 0 Å². The smallest absolute Gasteiger partial charge is 0.270 e. The summed E-state index contributed by atoms with van der Waals surface area (Å²) in [6, 6.07) is 10.0. The molecule has 130 valence electrons. The van der Waals surface area contributed by atoms with Gasteiger partial charge in [0.15, 0.2) is 0 Å². The predicted octanol–water partition coefficient (Wildman–Crippen LogP) is 2.48. The van der Waals surface area contributed by atoms with Crippen molar-refractivity contribution in [1.29, 1.82) is 0 Å². The van der Waals surface area contributed by atoms with Crippen LogP contribution in [0.2, 0.25) is 0 Å². The monoisotopic (exact) mass is 342 g/mol. The van der Waals surface area contributed by atoms with Crippen LogP contribution in [0.4, 0.5) is 11.4 Å². The summed E-state index contributed by atoms with van der Waals surface area (Å²) in [4.78, 5) is 22.0. The lowest BCUT2D eigenvalue weighted by Gasteiger charge is -2.06. The minimum Gasteiger partial charge on any atom is -0.507 e. The Labute approximate surface area is 144 Å². The molecule has 2 aromatic carbocycles. The van der Waals surface area contributed by atoms with Crippen molar-refractivity contribution in [2.75, 3.05) is 11.9 Å². The molecule has 0 aromatic heterocycles. The first kappa shape index (κ1) is 17.9. The zero-order valence-electron chi connectivity index (χ0n) is 13.8. The second-order valence-corrected chi connectivity index (χ2v) is 5.47. The fraction of sp³-hybridized carbons (Fsp3) is 0.176. The van der Waals surface area contributed by atoms with E-state index in [1.807, 2.05) is 31.2 Å². The number of nitrogens with one attached hydrogen (secondary N) is 2. The number of carbonyl (C=O) groups excluding carboxylic acids is 1. The van der Waals surface area contributed by atoms with Gasteiger partial charge < -0.3 is 10.4 Å². The van der Waals surface area contributed by atoms with Crippen LogP contribution in [0.5, 0.6) is 5.75 Å². The van der Waals surface area contributed by atoms with Crippen molar-refractivity contribution in [1.82, 2.24) is 5.43 Å². The van der Waals surface area contributed by atoms with Gasteiger partial charge in [0.1, 0.15) is 5.75 Å². The molecule has 8 nitrogen and oxygen atoms in total. The first-order valence-corrected chi connectivity index (χ1v) is 7.47. The molecule has 0 spiro atoms. The fourth-order valence-electron chi connectivity index (χ4n) is 2.06. The SMILES string of the molecule is Cc1ccc(NCC(=O)N/N=C/c2cc([N+](=O)[O-])cc(C)c2O)cc1. The van der Waals surface area contributed by atoms with Crippen LogP contribution in [0, 0.1) is 24.0 Å². The van der Waals surface area contributed by atoms with E-state index in [4.69, 9.17) is 0 Å². The molecule has 2 aromatic rings. The zero-order chi connectivity index (χ0) is 18.4. The first-order valence-electron chi connectivity index (χ1n) is 7.47. The maximum absolute atomic E-state index is 11.7. The lowest BCUT2D eigenvalue weighted by Crippen LogP contribution is -2.25. The number of aromatic hydroxyl groups is 1. The molecule has 0 aliphatic carbocycles. The molecule has 3 N–H and O–H groups in total. The van der Waals surface area contributed by atoms with Gasteiger partial charge in [-0.25, -0.2) is 5.43 Å². The molecular weight excluding hydrogens is 324 g/mol.